The molecule has 1 aliphatic heterocycles. The van der Waals surface area contributed by atoms with Gasteiger partial charge in [0.25, 0.3) is 5.91 Å². The van der Waals surface area contributed by atoms with E-state index in [1.54, 1.807) is 17.2 Å². The Balaban J connectivity index is 1.80. The third-order valence-corrected chi connectivity index (χ3v) is 3.09. The first kappa shape index (κ1) is 13.0. The van der Waals surface area contributed by atoms with Crippen LogP contribution in [-0.4, -0.2) is 67.1 Å². The van der Waals surface area contributed by atoms with Crippen LogP contribution in [-0.2, 0) is 4.74 Å². The van der Waals surface area contributed by atoms with Crippen LogP contribution in [0.3, 0.4) is 0 Å². The van der Waals surface area contributed by atoms with Crippen LogP contribution in [0.5, 0.6) is 0 Å². The van der Waals surface area contributed by atoms with Gasteiger partial charge in [0.15, 0.2) is 0 Å². The lowest BCUT2D eigenvalue weighted by Gasteiger charge is -2.28. The molecule has 0 radical (unpaired) electrons. The Kier molecular flexibility index (Phi) is 4.66. The Morgan fingerprint density at radius 1 is 1.44 bits per heavy atom. The maximum absolute atomic E-state index is 12.0. The number of likely N-dealkylation sites (N-methyl/N-ethyl adjacent to an activating group) is 1. The molecule has 1 amide bonds. The molecule has 98 valence electrons. The smallest absolute Gasteiger partial charge is 0.272 e. The minimum Gasteiger partial charge on any atom is -0.379 e. The Bertz CT molecular complexity index is 377. The van der Waals surface area contributed by atoms with Gasteiger partial charge < -0.3 is 9.64 Å². The number of ether oxygens (including phenoxy) is 1. The van der Waals surface area contributed by atoms with Gasteiger partial charge >= 0.3 is 0 Å². The molecule has 1 aromatic heterocycles. The summed E-state index contributed by atoms with van der Waals surface area (Å²) in [7, 11) is 1.82. The molecule has 2 rings (SSSR count). The van der Waals surface area contributed by atoms with E-state index < -0.39 is 0 Å². The van der Waals surface area contributed by atoms with Gasteiger partial charge in [-0.05, 0) is 12.1 Å². The summed E-state index contributed by atoms with van der Waals surface area (Å²) in [6, 6.07) is 5.38. The van der Waals surface area contributed by atoms with Crippen molar-refractivity contribution in [2.24, 2.45) is 0 Å². The lowest BCUT2D eigenvalue weighted by molar-refractivity contribution is 0.0338. The molecule has 0 spiro atoms. The van der Waals surface area contributed by atoms with Crippen LogP contribution in [0.1, 0.15) is 10.5 Å². The van der Waals surface area contributed by atoms with Gasteiger partial charge in [-0.3, -0.25) is 14.7 Å². The summed E-state index contributed by atoms with van der Waals surface area (Å²) in [6.07, 6.45) is 1.64. The maximum atomic E-state index is 12.0. The Morgan fingerprint density at radius 2 is 2.22 bits per heavy atom. The van der Waals surface area contributed by atoms with Crippen LogP contribution in [0, 0.1) is 0 Å². The fourth-order valence-electron chi connectivity index (χ4n) is 1.90. The molecule has 1 fully saturated rings. The van der Waals surface area contributed by atoms with Crippen molar-refractivity contribution < 1.29 is 9.53 Å². The SMILES string of the molecule is CN(CCN1CCOCC1)C(=O)c1ccccn1. The van der Waals surface area contributed by atoms with E-state index in [0.29, 0.717) is 5.69 Å². The third kappa shape index (κ3) is 3.51. The fraction of sp³-hybridized carbons (Fsp3) is 0.538. The van der Waals surface area contributed by atoms with E-state index >= 15 is 0 Å². The van der Waals surface area contributed by atoms with E-state index in [9.17, 15) is 4.79 Å². The number of hydrogen-bond acceptors (Lipinski definition) is 4. The van der Waals surface area contributed by atoms with Gasteiger partial charge in [-0.1, -0.05) is 6.07 Å². The molecule has 0 bridgehead atoms. The maximum Gasteiger partial charge on any atom is 0.272 e. The van der Waals surface area contributed by atoms with E-state index in [0.717, 1.165) is 39.4 Å². The molecule has 0 N–H and O–H groups in total. The molecule has 0 saturated carbocycles. The average Bonchev–Trinajstić information content (AvgIpc) is 2.46. The van der Waals surface area contributed by atoms with Gasteiger partial charge in [0, 0.05) is 39.4 Å². The second-order valence-electron chi connectivity index (χ2n) is 4.40. The van der Waals surface area contributed by atoms with Gasteiger partial charge in [0.1, 0.15) is 5.69 Å². The van der Waals surface area contributed by atoms with E-state index in [1.807, 2.05) is 19.2 Å². The van der Waals surface area contributed by atoms with Crippen LogP contribution in [0.2, 0.25) is 0 Å². The van der Waals surface area contributed by atoms with Gasteiger partial charge in [0.05, 0.1) is 13.2 Å². The van der Waals surface area contributed by atoms with Crippen molar-refractivity contribution in [3.63, 3.8) is 0 Å². The third-order valence-electron chi connectivity index (χ3n) is 3.09. The average molecular weight is 249 g/mol. The van der Waals surface area contributed by atoms with Crippen molar-refractivity contribution in [2.45, 2.75) is 0 Å². The zero-order valence-electron chi connectivity index (χ0n) is 10.7. The van der Waals surface area contributed by atoms with E-state index in [1.165, 1.54) is 0 Å². The predicted molar refractivity (Wildman–Crippen MR) is 68.5 cm³/mol. The molecule has 5 nitrogen and oxygen atoms in total. The molecule has 18 heavy (non-hydrogen) atoms. The number of aromatic nitrogens is 1. The highest BCUT2D eigenvalue weighted by molar-refractivity contribution is 5.92. The van der Waals surface area contributed by atoms with Crippen LogP contribution < -0.4 is 0 Å². The summed E-state index contributed by atoms with van der Waals surface area (Å²) in [4.78, 5) is 20.1. The Morgan fingerprint density at radius 3 is 2.89 bits per heavy atom. The standard InChI is InChI=1S/C13H19N3O2/c1-15(6-7-16-8-10-18-11-9-16)13(17)12-4-2-3-5-14-12/h2-5H,6-11H2,1H3. The van der Waals surface area contributed by atoms with Gasteiger partial charge in [0.2, 0.25) is 0 Å². The van der Waals surface area contributed by atoms with Crippen molar-refractivity contribution in [1.82, 2.24) is 14.8 Å². The number of morpholine rings is 1. The van der Waals surface area contributed by atoms with Crippen molar-refractivity contribution in [3.05, 3.63) is 30.1 Å². The summed E-state index contributed by atoms with van der Waals surface area (Å²) >= 11 is 0. The number of carbonyl (C=O) groups excluding carboxylic acids is 1. The first-order chi connectivity index (χ1) is 8.77. The normalized spacial score (nSPS) is 16.5. The monoisotopic (exact) mass is 249 g/mol. The fourth-order valence-corrected chi connectivity index (χ4v) is 1.90. The summed E-state index contributed by atoms with van der Waals surface area (Å²) < 4.78 is 5.29. The molecular formula is C13H19N3O2. The van der Waals surface area contributed by atoms with Crippen LogP contribution >= 0.6 is 0 Å². The summed E-state index contributed by atoms with van der Waals surface area (Å²) in [5, 5.41) is 0. The molecule has 0 unspecified atom stereocenters. The number of carbonyl (C=O) groups is 1. The quantitative estimate of drug-likeness (QED) is 0.779. The second-order valence-corrected chi connectivity index (χ2v) is 4.40. The van der Waals surface area contributed by atoms with Crippen molar-refractivity contribution in [2.75, 3.05) is 46.4 Å². The molecule has 5 heteroatoms. The zero-order valence-corrected chi connectivity index (χ0v) is 10.7. The summed E-state index contributed by atoms with van der Waals surface area (Å²) in [5.74, 6) is -0.0242. The highest BCUT2D eigenvalue weighted by atomic mass is 16.5. The number of pyridine rings is 1. The molecule has 1 aliphatic rings. The Labute approximate surface area is 107 Å². The molecule has 1 saturated heterocycles. The highest BCUT2D eigenvalue weighted by Crippen LogP contribution is 2.01. The topological polar surface area (TPSA) is 45.7 Å². The number of nitrogens with zero attached hydrogens (tertiary/aromatic N) is 3. The van der Waals surface area contributed by atoms with Gasteiger partial charge in [-0.15, -0.1) is 0 Å². The van der Waals surface area contributed by atoms with Gasteiger partial charge in [-0.2, -0.15) is 0 Å². The van der Waals surface area contributed by atoms with Crippen LogP contribution in [0.4, 0.5) is 0 Å². The minimum absolute atomic E-state index is 0.0242. The molecule has 0 atom stereocenters. The predicted octanol–water partition coefficient (Wildman–Crippen LogP) is 0.486. The Hall–Kier alpha value is -1.46. The summed E-state index contributed by atoms with van der Waals surface area (Å²) in [5.41, 5.74) is 0.502. The zero-order chi connectivity index (χ0) is 12.8. The summed E-state index contributed by atoms with van der Waals surface area (Å²) in [6.45, 7) is 5.08. The molecule has 0 aliphatic carbocycles. The van der Waals surface area contributed by atoms with E-state index in [-0.39, 0.29) is 5.91 Å². The number of amides is 1. The molecule has 2 heterocycles. The first-order valence-electron chi connectivity index (χ1n) is 6.24. The van der Waals surface area contributed by atoms with Crippen molar-refractivity contribution in [1.29, 1.82) is 0 Å². The van der Waals surface area contributed by atoms with Crippen molar-refractivity contribution in [3.8, 4) is 0 Å². The molecule has 1 aromatic rings. The van der Waals surface area contributed by atoms with Crippen molar-refractivity contribution >= 4 is 5.91 Å². The number of rotatable bonds is 4. The molecule has 0 aromatic carbocycles. The molecular weight excluding hydrogens is 230 g/mol. The lowest BCUT2D eigenvalue weighted by atomic mass is 10.3. The lowest BCUT2D eigenvalue weighted by Crippen LogP contribution is -2.42. The highest BCUT2D eigenvalue weighted by Gasteiger charge is 2.15. The first-order valence-corrected chi connectivity index (χ1v) is 6.24. The van der Waals surface area contributed by atoms with Gasteiger partial charge in [-0.25, -0.2) is 0 Å². The minimum atomic E-state index is -0.0242. The number of hydrogen-bond donors (Lipinski definition) is 0. The van der Waals surface area contributed by atoms with Crippen LogP contribution in [0.25, 0.3) is 0 Å². The van der Waals surface area contributed by atoms with E-state index in [4.69, 9.17) is 4.74 Å². The van der Waals surface area contributed by atoms with Crippen LogP contribution in [0.15, 0.2) is 24.4 Å². The largest absolute Gasteiger partial charge is 0.379 e. The second kappa shape index (κ2) is 6.47. The van der Waals surface area contributed by atoms with E-state index in [2.05, 4.69) is 9.88 Å².